The Bertz CT molecular complexity index is 743. The summed E-state index contributed by atoms with van der Waals surface area (Å²) < 4.78 is 0. The van der Waals surface area contributed by atoms with Gasteiger partial charge in [0.1, 0.15) is 0 Å². The van der Waals surface area contributed by atoms with E-state index in [1.165, 1.54) is 0 Å². The molecule has 0 fully saturated rings. The molecule has 0 heterocycles. The van der Waals surface area contributed by atoms with E-state index >= 15 is 0 Å². The van der Waals surface area contributed by atoms with Gasteiger partial charge in [-0.05, 0) is 29.0 Å². The molecule has 0 spiro atoms. The van der Waals surface area contributed by atoms with Gasteiger partial charge in [-0.15, -0.1) is 5.23 Å². The molecule has 100 valence electrons. The number of hydrogen-bond acceptors (Lipinski definition) is 3. The van der Waals surface area contributed by atoms with Crippen LogP contribution in [0.15, 0.2) is 66.7 Å². The summed E-state index contributed by atoms with van der Waals surface area (Å²) in [6.45, 7) is 0. The number of nitrogens with one attached hydrogen (secondary N) is 1. The molecule has 0 radical (unpaired) electrons. The van der Waals surface area contributed by atoms with E-state index in [1.807, 2.05) is 36.4 Å². The Balaban J connectivity index is 1.89. The van der Waals surface area contributed by atoms with Gasteiger partial charge in [-0.3, -0.25) is 0 Å². The number of rotatable bonds is 3. The van der Waals surface area contributed by atoms with Gasteiger partial charge in [0.2, 0.25) is 5.75 Å². The highest BCUT2D eigenvalue weighted by Gasteiger charge is 2.08. The van der Waals surface area contributed by atoms with E-state index in [0.29, 0.717) is 17.1 Å². The van der Waals surface area contributed by atoms with Gasteiger partial charge < -0.3 is 15.8 Å². The number of benzene rings is 3. The van der Waals surface area contributed by atoms with Crippen LogP contribution in [0.25, 0.3) is 10.8 Å². The summed E-state index contributed by atoms with van der Waals surface area (Å²) in [5, 5.41) is 13.8. The van der Waals surface area contributed by atoms with Crippen LogP contribution >= 0.6 is 0 Å². The molecule has 3 rings (SSSR count). The fourth-order valence-corrected chi connectivity index (χ4v) is 2.05. The van der Waals surface area contributed by atoms with Gasteiger partial charge in [-0.25, -0.2) is 0 Å². The fourth-order valence-electron chi connectivity index (χ4n) is 2.05. The van der Waals surface area contributed by atoms with Crippen molar-refractivity contribution >= 4 is 22.1 Å². The van der Waals surface area contributed by atoms with Crippen LogP contribution in [0.5, 0.6) is 5.75 Å². The zero-order valence-electron chi connectivity index (χ0n) is 10.7. The lowest BCUT2D eigenvalue weighted by Gasteiger charge is -2.20. The second kappa shape index (κ2) is 5.21. The maximum atomic E-state index is 12.1. The second-order valence-electron chi connectivity index (χ2n) is 4.49. The van der Waals surface area contributed by atoms with E-state index in [2.05, 4.69) is 0 Å². The average Bonchev–Trinajstić information content (AvgIpc) is 2.49. The molecule has 0 aliphatic rings. The summed E-state index contributed by atoms with van der Waals surface area (Å²) >= 11 is 0. The first-order valence-corrected chi connectivity index (χ1v) is 6.29. The molecule has 1 unspecified atom stereocenters. The van der Waals surface area contributed by atoms with Crippen molar-refractivity contribution < 1.29 is 10.1 Å². The molecule has 20 heavy (non-hydrogen) atoms. The van der Waals surface area contributed by atoms with Crippen molar-refractivity contribution in [3.05, 3.63) is 71.9 Å². The lowest BCUT2D eigenvalue weighted by atomic mass is 10.1. The van der Waals surface area contributed by atoms with Crippen LogP contribution in [0.2, 0.25) is 0 Å². The quantitative estimate of drug-likeness (QED) is 0.565. The number of fused-ring (bicyclic) bond motifs is 1. The Labute approximate surface area is 116 Å². The summed E-state index contributed by atoms with van der Waals surface area (Å²) in [4.78, 5) is 5.32. The van der Waals surface area contributed by atoms with Crippen LogP contribution in [0.4, 0.5) is 11.4 Å². The van der Waals surface area contributed by atoms with Crippen LogP contribution in [0.3, 0.4) is 0 Å². The Hall–Kier alpha value is -2.56. The summed E-state index contributed by atoms with van der Waals surface area (Å²) in [6.07, 6.45) is 0. The van der Waals surface area contributed by atoms with Crippen molar-refractivity contribution in [2.24, 2.45) is 0 Å². The van der Waals surface area contributed by atoms with Crippen molar-refractivity contribution in [3.63, 3.8) is 0 Å². The number of nitrogen functional groups attached to an aromatic ring is 1. The molecule has 0 aliphatic carbocycles. The highest BCUT2D eigenvalue weighted by molar-refractivity contribution is 5.84. The van der Waals surface area contributed by atoms with Crippen LogP contribution in [-0.2, 0) is 0 Å². The number of nitrogens with two attached hydrogens (primary N) is 1. The molecule has 3 N–H and O–H groups in total. The van der Waals surface area contributed by atoms with E-state index in [0.717, 1.165) is 10.8 Å². The Morgan fingerprint density at radius 1 is 0.850 bits per heavy atom. The van der Waals surface area contributed by atoms with E-state index < -0.39 is 5.23 Å². The van der Waals surface area contributed by atoms with Gasteiger partial charge in [0, 0.05) is 12.1 Å². The van der Waals surface area contributed by atoms with E-state index in [1.54, 1.807) is 30.3 Å². The van der Waals surface area contributed by atoms with Gasteiger partial charge in [-0.2, -0.15) is 0 Å². The van der Waals surface area contributed by atoms with Gasteiger partial charge in [-0.1, -0.05) is 36.4 Å². The normalized spacial score (nSPS) is 12.2. The van der Waals surface area contributed by atoms with Crippen molar-refractivity contribution in [1.82, 2.24) is 0 Å². The zero-order valence-corrected chi connectivity index (χ0v) is 10.7. The number of para-hydroxylation sites is 2. The summed E-state index contributed by atoms with van der Waals surface area (Å²) in [5.74, 6) is 0.380. The van der Waals surface area contributed by atoms with Gasteiger partial charge >= 0.3 is 0 Å². The lowest BCUT2D eigenvalue weighted by Crippen LogP contribution is -3.04. The third-order valence-electron chi connectivity index (χ3n) is 3.11. The van der Waals surface area contributed by atoms with Crippen LogP contribution in [-0.4, -0.2) is 0 Å². The van der Waals surface area contributed by atoms with E-state index in [4.69, 9.17) is 10.6 Å². The van der Waals surface area contributed by atoms with Gasteiger partial charge in [0.25, 0.3) is 0 Å². The number of quaternary nitrogens is 1. The van der Waals surface area contributed by atoms with Crippen LogP contribution < -0.4 is 15.8 Å². The van der Waals surface area contributed by atoms with Gasteiger partial charge in [0.05, 0.1) is 5.69 Å². The Kier molecular flexibility index (Phi) is 3.25. The molecule has 0 saturated carbocycles. The molecule has 0 bridgehead atoms. The largest absolute Gasteiger partial charge is 0.585 e. The molecule has 4 heteroatoms. The summed E-state index contributed by atoms with van der Waals surface area (Å²) in [5.41, 5.74) is 6.71. The second-order valence-corrected chi connectivity index (χ2v) is 4.49. The molecule has 0 aromatic heterocycles. The topological polar surface area (TPSA) is 62.8 Å². The first kappa shape index (κ1) is 12.5. The first-order valence-electron chi connectivity index (χ1n) is 6.29. The minimum atomic E-state index is -0.409. The third kappa shape index (κ3) is 2.42. The third-order valence-corrected chi connectivity index (χ3v) is 3.11. The van der Waals surface area contributed by atoms with E-state index in [-0.39, 0.29) is 0 Å². The predicted octanol–water partition coefficient (Wildman–Crippen LogP) is 2.43. The summed E-state index contributed by atoms with van der Waals surface area (Å²) in [7, 11) is 0. The highest BCUT2D eigenvalue weighted by Crippen LogP contribution is 2.20. The maximum absolute atomic E-state index is 12.1. The Morgan fingerprint density at radius 2 is 1.55 bits per heavy atom. The summed E-state index contributed by atoms with van der Waals surface area (Å²) in [6, 6.07) is 20.3. The van der Waals surface area contributed by atoms with E-state index in [9.17, 15) is 5.21 Å². The minimum Gasteiger partial charge on any atom is -0.585 e. The van der Waals surface area contributed by atoms with Crippen molar-refractivity contribution in [3.8, 4) is 5.75 Å². The average molecular weight is 266 g/mol. The number of hydrogen-bond donors (Lipinski definition) is 2. The van der Waals surface area contributed by atoms with Crippen LogP contribution in [0, 0.1) is 5.21 Å². The highest BCUT2D eigenvalue weighted by atomic mass is 16.9. The van der Waals surface area contributed by atoms with Crippen molar-refractivity contribution in [2.45, 2.75) is 0 Å². The molecular weight excluding hydrogens is 252 g/mol. The zero-order chi connectivity index (χ0) is 13.9. The van der Waals surface area contributed by atoms with Crippen molar-refractivity contribution in [1.29, 1.82) is 0 Å². The van der Waals surface area contributed by atoms with Crippen molar-refractivity contribution in [2.75, 3.05) is 5.73 Å². The predicted molar refractivity (Wildman–Crippen MR) is 79.4 cm³/mol. The number of anilines is 1. The minimum absolute atomic E-state index is 0.380. The first-order chi connectivity index (χ1) is 9.74. The molecular formula is C16H14N2O2. The smallest absolute Gasteiger partial charge is 0.213 e. The standard InChI is InChI=1S/C16H14N2O2/c17-15-7-3-4-8-16(15)20-18(19)14-10-9-12-5-1-2-6-13(12)11-14/h1-11,18H,17H2. The lowest BCUT2D eigenvalue weighted by molar-refractivity contribution is -0.963. The van der Waals surface area contributed by atoms with Gasteiger partial charge in [0.15, 0.2) is 5.69 Å². The molecule has 0 saturated heterocycles. The van der Waals surface area contributed by atoms with Crippen LogP contribution in [0.1, 0.15) is 0 Å². The molecule has 3 aromatic rings. The molecule has 0 amide bonds. The molecule has 4 nitrogen and oxygen atoms in total. The molecule has 1 atom stereocenters. The SMILES string of the molecule is Nc1ccccc1O[NH+]([O-])c1ccc2ccccc2c1. The molecule has 3 aromatic carbocycles. The molecule has 0 aliphatic heterocycles. The monoisotopic (exact) mass is 266 g/mol. The maximum Gasteiger partial charge on any atom is 0.213 e. The fraction of sp³-hybridized carbons (Fsp3) is 0. The Morgan fingerprint density at radius 3 is 2.35 bits per heavy atom.